The van der Waals surface area contributed by atoms with Gasteiger partial charge in [0.15, 0.2) is 17.6 Å². The average molecular weight is 165 g/mol. The highest BCUT2D eigenvalue weighted by atomic mass is 32.1. The topological polar surface area (TPSA) is 47.0 Å². The fourth-order valence-corrected chi connectivity index (χ4v) is 1.11. The highest BCUT2D eigenvalue weighted by Crippen LogP contribution is 2.05. The Balaban J connectivity index is 2.88. The first kappa shape index (κ1) is 7.63. The van der Waals surface area contributed by atoms with E-state index in [1.54, 1.807) is 5.38 Å². The van der Waals surface area contributed by atoms with Gasteiger partial charge in [0.2, 0.25) is 0 Å². The minimum atomic E-state index is 0.352. The zero-order chi connectivity index (χ0) is 8.10. The van der Waals surface area contributed by atoms with Gasteiger partial charge in [-0.15, -0.1) is 11.3 Å². The van der Waals surface area contributed by atoms with Gasteiger partial charge in [-0.3, -0.25) is 9.59 Å². The summed E-state index contributed by atoms with van der Waals surface area (Å²) in [5.41, 5.74) is 0.352. The molecule has 0 unspecified atom stereocenters. The lowest BCUT2D eigenvalue weighted by Gasteiger charge is -1.71. The van der Waals surface area contributed by atoms with Crippen molar-refractivity contribution in [3.8, 4) is 11.8 Å². The standard InChI is InChI=1S/C7H3NO2S/c9-3-1-2-7-8-6(4-10)5-11-7/h3-5H. The van der Waals surface area contributed by atoms with Gasteiger partial charge in [-0.2, -0.15) is 0 Å². The normalized spacial score (nSPS) is 8.00. The molecule has 0 aliphatic rings. The summed E-state index contributed by atoms with van der Waals surface area (Å²) in [7, 11) is 0. The summed E-state index contributed by atoms with van der Waals surface area (Å²) in [5.74, 6) is 4.68. The van der Waals surface area contributed by atoms with E-state index in [0.717, 1.165) is 0 Å². The number of rotatable bonds is 1. The van der Waals surface area contributed by atoms with Crippen molar-refractivity contribution in [2.24, 2.45) is 0 Å². The first-order valence-corrected chi connectivity index (χ1v) is 3.60. The van der Waals surface area contributed by atoms with Crippen LogP contribution in [-0.2, 0) is 4.79 Å². The number of aromatic nitrogens is 1. The number of hydrogen-bond donors (Lipinski definition) is 0. The molecule has 1 heterocycles. The number of carbonyl (C=O) groups is 2. The van der Waals surface area contributed by atoms with Crippen LogP contribution >= 0.6 is 11.3 Å². The Kier molecular flexibility index (Phi) is 2.53. The molecule has 0 aliphatic carbocycles. The molecular weight excluding hydrogens is 162 g/mol. The van der Waals surface area contributed by atoms with Gasteiger partial charge in [-0.1, -0.05) is 0 Å². The highest BCUT2D eigenvalue weighted by Gasteiger charge is 1.95. The molecule has 0 atom stereocenters. The average Bonchev–Trinajstić information content (AvgIpc) is 2.48. The summed E-state index contributed by atoms with van der Waals surface area (Å²) in [4.78, 5) is 23.7. The third kappa shape index (κ3) is 1.99. The van der Waals surface area contributed by atoms with E-state index in [4.69, 9.17) is 0 Å². The van der Waals surface area contributed by atoms with Crippen LogP contribution in [-0.4, -0.2) is 17.6 Å². The van der Waals surface area contributed by atoms with Crippen molar-refractivity contribution >= 4 is 23.9 Å². The molecule has 0 aromatic carbocycles. The van der Waals surface area contributed by atoms with Gasteiger partial charge in [-0.25, -0.2) is 4.98 Å². The van der Waals surface area contributed by atoms with Gasteiger partial charge < -0.3 is 0 Å². The number of hydrogen-bond acceptors (Lipinski definition) is 4. The van der Waals surface area contributed by atoms with Gasteiger partial charge >= 0.3 is 0 Å². The van der Waals surface area contributed by atoms with Crippen LogP contribution in [0.25, 0.3) is 0 Å². The first-order valence-electron chi connectivity index (χ1n) is 2.72. The van der Waals surface area contributed by atoms with Gasteiger partial charge in [0, 0.05) is 5.38 Å². The Morgan fingerprint density at radius 2 is 2.36 bits per heavy atom. The van der Waals surface area contributed by atoms with E-state index < -0.39 is 0 Å². The number of carbonyl (C=O) groups excluding carboxylic acids is 2. The third-order valence-electron chi connectivity index (χ3n) is 0.881. The number of aldehydes is 2. The SMILES string of the molecule is O=CC#Cc1nc(C=O)cs1. The quantitative estimate of drug-likeness (QED) is 0.450. The Morgan fingerprint density at radius 3 is 2.91 bits per heavy atom. The molecule has 0 aliphatic heterocycles. The van der Waals surface area contributed by atoms with Crippen LogP contribution in [0.15, 0.2) is 5.38 Å². The van der Waals surface area contributed by atoms with E-state index in [-0.39, 0.29) is 0 Å². The van der Waals surface area contributed by atoms with E-state index in [9.17, 15) is 9.59 Å². The van der Waals surface area contributed by atoms with E-state index in [2.05, 4.69) is 16.8 Å². The maximum Gasteiger partial charge on any atom is 0.193 e. The molecule has 0 fully saturated rings. The monoisotopic (exact) mass is 165 g/mol. The maximum atomic E-state index is 10.1. The molecule has 0 bridgehead atoms. The summed E-state index contributed by atoms with van der Waals surface area (Å²) in [6.45, 7) is 0. The molecule has 3 nitrogen and oxygen atoms in total. The Labute approximate surface area is 67.1 Å². The number of thiazole rings is 1. The van der Waals surface area contributed by atoms with Crippen molar-refractivity contribution in [3.05, 3.63) is 16.1 Å². The fourth-order valence-electron chi connectivity index (χ4n) is 0.489. The van der Waals surface area contributed by atoms with E-state index in [1.807, 2.05) is 0 Å². The lowest BCUT2D eigenvalue weighted by atomic mass is 10.5. The minimum Gasteiger partial charge on any atom is -0.296 e. The highest BCUT2D eigenvalue weighted by molar-refractivity contribution is 7.10. The van der Waals surface area contributed by atoms with Gasteiger partial charge in [-0.05, 0) is 11.8 Å². The van der Waals surface area contributed by atoms with Crippen molar-refractivity contribution in [3.63, 3.8) is 0 Å². The molecule has 11 heavy (non-hydrogen) atoms. The molecular formula is C7H3NO2S. The fraction of sp³-hybridized carbons (Fsp3) is 0. The second-order valence-electron chi connectivity index (χ2n) is 1.58. The summed E-state index contributed by atoms with van der Waals surface area (Å²) >= 11 is 1.24. The second kappa shape index (κ2) is 3.64. The van der Waals surface area contributed by atoms with E-state index in [1.165, 1.54) is 11.3 Å². The molecule has 1 rings (SSSR count). The predicted octanol–water partition coefficient (Wildman–Crippen LogP) is 0.506. The molecule has 0 amide bonds. The predicted molar refractivity (Wildman–Crippen MR) is 40.4 cm³/mol. The summed E-state index contributed by atoms with van der Waals surface area (Å²) < 4.78 is 0. The molecule has 1 aromatic heterocycles. The van der Waals surface area contributed by atoms with Crippen LogP contribution in [0, 0.1) is 11.8 Å². The lowest BCUT2D eigenvalue weighted by Crippen LogP contribution is -1.78. The molecule has 0 radical (unpaired) electrons. The van der Waals surface area contributed by atoms with Crippen LogP contribution in [0.4, 0.5) is 0 Å². The summed E-state index contributed by atoms with van der Waals surface area (Å²) in [6.07, 6.45) is 1.13. The van der Waals surface area contributed by atoms with E-state index in [0.29, 0.717) is 23.3 Å². The van der Waals surface area contributed by atoms with Crippen LogP contribution in [0.1, 0.15) is 15.5 Å². The Hall–Kier alpha value is -1.47. The minimum absolute atomic E-state index is 0.352. The summed E-state index contributed by atoms with van der Waals surface area (Å²) in [5, 5.41) is 2.07. The second-order valence-corrected chi connectivity index (χ2v) is 2.44. The van der Waals surface area contributed by atoms with Crippen molar-refractivity contribution in [2.75, 3.05) is 0 Å². The molecule has 0 saturated carbocycles. The van der Waals surface area contributed by atoms with Gasteiger partial charge in [0.1, 0.15) is 5.69 Å². The smallest absolute Gasteiger partial charge is 0.193 e. The van der Waals surface area contributed by atoms with Gasteiger partial charge in [0.25, 0.3) is 0 Å². The Morgan fingerprint density at radius 1 is 1.55 bits per heavy atom. The van der Waals surface area contributed by atoms with E-state index >= 15 is 0 Å². The molecule has 1 aromatic rings. The van der Waals surface area contributed by atoms with Crippen molar-refractivity contribution in [2.45, 2.75) is 0 Å². The van der Waals surface area contributed by atoms with Crippen LogP contribution in [0.5, 0.6) is 0 Å². The third-order valence-corrected chi connectivity index (χ3v) is 1.66. The number of nitrogens with zero attached hydrogens (tertiary/aromatic N) is 1. The van der Waals surface area contributed by atoms with Gasteiger partial charge in [0.05, 0.1) is 0 Å². The Bertz CT molecular complexity index is 332. The zero-order valence-corrected chi connectivity index (χ0v) is 6.22. The molecule has 0 spiro atoms. The van der Waals surface area contributed by atoms with Crippen LogP contribution in [0.3, 0.4) is 0 Å². The zero-order valence-electron chi connectivity index (χ0n) is 5.40. The van der Waals surface area contributed by atoms with Crippen molar-refractivity contribution in [1.29, 1.82) is 0 Å². The van der Waals surface area contributed by atoms with Crippen molar-refractivity contribution in [1.82, 2.24) is 4.98 Å². The molecule has 4 heteroatoms. The van der Waals surface area contributed by atoms with Crippen LogP contribution in [0.2, 0.25) is 0 Å². The van der Waals surface area contributed by atoms with Crippen molar-refractivity contribution < 1.29 is 9.59 Å². The maximum absolute atomic E-state index is 10.1. The first-order chi connectivity index (χ1) is 5.36. The lowest BCUT2D eigenvalue weighted by molar-refractivity contribution is -0.103. The molecule has 0 saturated heterocycles. The van der Waals surface area contributed by atoms with Crippen LogP contribution < -0.4 is 0 Å². The summed E-state index contributed by atoms with van der Waals surface area (Å²) in [6, 6.07) is 0. The molecule has 54 valence electrons. The molecule has 0 N–H and O–H groups in total. The largest absolute Gasteiger partial charge is 0.296 e.